The minimum Gasteiger partial charge on any atom is -0.444 e. The van der Waals surface area contributed by atoms with Gasteiger partial charge in [-0.1, -0.05) is 52.4 Å². The SMILES string of the molecule is CCCCCC(CCCCC)NCCNC(=O)OC(C)(C)C. The predicted octanol–water partition coefficient (Wildman–Crippen LogP) is 4.63. The lowest BCUT2D eigenvalue weighted by atomic mass is 10.0. The molecule has 0 aromatic heterocycles. The molecule has 0 aromatic rings. The molecule has 0 aliphatic rings. The van der Waals surface area contributed by atoms with Gasteiger partial charge in [-0.05, 0) is 33.6 Å². The standard InChI is InChI=1S/C18H38N2O2/c1-6-8-10-12-16(13-11-9-7-2)19-14-15-20-17(21)22-18(3,4)5/h16,19H,6-15H2,1-5H3,(H,20,21). The zero-order valence-electron chi connectivity index (χ0n) is 15.5. The number of hydrogen-bond donors (Lipinski definition) is 2. The lowest BCUT2D eigenvalue weighted by Crippen LogP contribution is -2.39. The summed E-state index contributed by atoms with van der Waals surface area (Å²) in [6.45, 7) is 11.5. The van der Waals surface area contributed by atoms with Crippen LogP contribution in [0, 0.1) is 0 Å². The minimum atomic E-state index is -0.430. The third-order valence-corrected chi connectivity index (χ3v) is 3.54. The second-order valence-corrected chi connectivity index (χ2v) is 7.07. The number of rotatable bonds is 12. The van der Waals surface area contributed by atoms with Crippen LogP contribution in [0.2, 0.25) is 0 Å². The number of alkyl carbamates (subject to hydrolysis) is 1. The topological polar surface area (TPSA) is 50.4 Å². The van der Waals surface area contributed by atoms with Crippen LogP contribution in [0.25, 0.3) is 0 Å². The largest absolute Gasteiger partial charge is 0.444 e. The van der Waals surface area contributed by atoms with Crippen LogP contribution in [0.5, 0.6) is 0 Å². The summed E-state index contributed by atoms with van der Waals surface area (Å²) in [4.78, 5) is 11.6. The first-order chi connectivity index (χ1) is 10.4. The number of unbranched alkanes of at least 4 members (excludes halogenated alkanes) is 4. The Kier molecular flexibility index (Phi) is 12.3. The van der Waals surface area contributed by atoms with Crippen molar-refractivity contribution in [3.63, 3.8) is 0 Å². The van der Waals surface area contributed by atoms with Crippen LogP contribution < -0.4 is 10.6 Å². The molecule has 0 rings (SSSR count). The van der Waals surface area contributed by atoms with Crippen molar-refractivity contribution >= 4 is 6.09 Å². The smallest absolute Gasteiger partial charge is 0.407 e. The third-order valence-electron chi connectivity index (χ3n) is 3.54. The molecule has 22 heavy (non-hydrogen) atoms. The van der Waals surface area contributed by atoms with Crippen molar-refractivity contribution in [1.82, 2.24) is 10.6 Å². The second kappa shape index (κ2) is 12.7. The van der Waals surface area contributed by atoms with Gasteiger partial charge >= 0.3 is 6.09 Å². The molecule has 0 heterocycles. The van der Waals surface area contributed by atoms with Crippen molar-refractivity contribution in [3.8, 4) is 0 Å². The van der Waals surface area contributed by atoms with Gasteiger partial charge in [0.15, 0.2) is 0 Å². The van der Waals surface area contributed by atoms with Gasteiger partial charge in [-0.3, -0.25) is 0 Å². The van der Waals surface area contributed by atoms with Crippen LogP contribution in [0.1, 0.15) is 86.0 Å². The number of ether oxygens (including phenoxy) is 1. The number of amides is 1. The summed E-state index contributed by atoms with van der Waals surface area (Å²) in [6, 6.07) is 0.582. The van der Waals surface area contributed by atoms with Gasteiger partial charge < -0.3 is 15.4 Å². The number of carbonyl (C=O) groups is 1. The fourth-order valence-electron chi connectivity index (χ4n) is 2.38. The summed E-state index contributed by atoms with van der Waals surface area (Å²) in [7, 11) is 0. The van der Waals surface area contributed by atoms with Crippen LogP contribution in [0.15, 0.2) is 0 Å². The second-order valence-electron chi connectivity index (χ2n) is 7.07. The highest BCUT2D eigenvalue weighted by Crippen LogP contribution is 2.11. The molecule has 1 amide bonds. The monoisotopic (exact) mass is 314 g/mol. The van der Waals surface area contributed by atoms with E-state index >= 15 is 0 Å². The summed E-state index contributed by atoms with van der Waals surface area (Å²) in [6.07, 6.45) is 9.88. The number of nitrogens with one attached hydrogen (secondary N) is 2. The molecule has 0 saturated carbocycles. The van der Waals surface area contributed by atoms with Gasteiger partial charge in [0.2, 0.25) is 0 Å². The van der Waals surface area contributed by atoms with Crippen molar-refractivity contribution in [3.05, 3.63) is 0 Å². The molecule has 0 aromatic carbocycles. The van der Waals surface area contributed by atoms with E-state index in [1.807, 2.05) is 20.8 Å². The quantitative estimate of drug-likeness (QED) is 0.516. The molecule has 0 atom stereocenters. The predicted molar refractivity (Wildman–Crippen MR) is 94.3 cm³/mol. The molecule has 0 aliphatic carbocycles. The first-order valence-electron chi connectivity index (χ1n) is 9.09. The lowest BCUT2D eigenvalue weighted by molar-refractivity contribution is 0.0528. The van der Waals surface area contributed by atoms with E-state index in [1.54, 1.807) is 0 Å². The Hall–Kier alpha value is -0.770. The molecule has 0 spiro atoms. The Labute approximate surface area is 137 Å². The Balaban J connectivity index is 3.87. The van der Waals surface area contributed by atoms with Gasteiger partial charge in [-0.2, -0.15) is 0 Å². The van der Waals surface area contributed by atoms with E-state index in [-0.39, 0.29) is 6.09 Å². The van der Waals surface area contributed by atoms with E-state index in [0.29, 0.717) is 12.6 Å². The third kappa shape index (κ3) is 14.2. The summed E-state index contributed by atoms with van der Waals surface area (Å²) in [5, 5.41) is 6.39. The van der Waals surface area contributed by atoms with Crippen molar-refractivity contribution in [2.24, 2.45) is 0 Å². The Morgan fingerprint density at radius 3 is 1.95 bits per heavy atom. The summed E-state index contributed by atoms with van der Waals surface area (Å²) >= 11 is 0. The highest BCUT2D eigenvalue weighted by molar-refractivity contribution is 5.67. The van der Waals surface area contributed by atoms with Crippen LogP contribution in [-0.2, 0) is 4.74 Å². The Morgan fingerprint density at radius 2 is 1.50 bits per heavy atom. The van der Waals surface area contributed by atoms with Gasteiger partial charge in [-0.15, -0.1) is 0 Å². The highest BCUT2D eigenvalue weighted by Gasteiger charge is 2.15. The summed E-state index contributed by atoms with van der Waals surface area (Å²) in [5.41, 5.74) is -0.430. The maximum Gasteiger partial charge on any atom is 0.407 e. The zero-order valence-corrected chi connectivity index (χ0v) is 15.5. The number of hydrogen-bond acceptors (Lipinski definition) is 3. The van der Waals surface area contributed by atoms with Gasteiger partial charge in [0.25, 0.3) is 0 Å². The van der Waals surface area contributed by atoms with E-state index in [1.165, 1.54) is 51.4 Å². The fourth-order valence-corrected chi connectivity index (χ4v) is 2.38. The molecule has 132 valence electrons. The van der Waals surface area contributed by atoms with Crippen LogP contribution in [-0.4, -0.2) is 30.8 Å². The molecule has 0 bridgehead atoms. The average Bonchev–Trinajstić information content (AvgIpc) is 2.41. The van der Waals surface area contributed by atoms with E-state index in [0.717, 1.165) is 6.54 Å². The Bertz CT molecular complexity index is 265. The number of carbonyl (C=O) groups excluding carboxylic acids is 1. The fraction of sp³-hybridized carbons (Fsp3) is 0.944. The molecular weight excluding hydrogens is 276 g/mol. The maximum atomic E-state index is 11.6. The lowest BCUT2D eigenvalue weighted by Gasteiger charge is -2.21. The molecule has 0 unspecified atom stereocenters. The molecule has 0 radical (unpaired) electrons. The average molecular weight is 315 g/mol. The van der Waals surface area contributed by atoms with Gasteiger partial charge in [0.1, 0.15) is 5.60 Å². The normalized spacial score (nSPS) is 11.7. The van der Waals surface area contributed by atoms with Crippen molar-refractivity contribution in [1.29, 1.82) is 0 Å². The zero-order chi connectivity index (χ0) is 16.8. The molecule has 0 fully saturated rings. The Morgan fingerprint density at radius 1 is 0.955 bits per heavy atom. The molecular formula is C18H38N2O2. The van der Waals surface area contributed by atoms with Crippen molar-refractivity contribution < 1.29 is 9.53 Å². The van der Waals surface area contributed by atoms with Gasteiger partial charge in [0.05, 0.1) is 0 Å². The first kappa shape index (κ1) is 21.2. The van der Waals surface area contributed by atoms with Crippen LogP contribution in [0.3, 0.4) is 0 Å². The minimum absolute atomic E-state index is 0.331. The van der Waals surface area contributed by atoms with Crippen molar-refractivity contribution in [2.75, 3.05) is 13.1 Å². The van der Waals surface area contributed by atoms with Crippen LogP contribution in [0.4, 0.5) is 4.79 Å². The van der Waals surface area contributed by atoms with E-state index < -0.39 is 5.60 Å². The summed E-state index contributed by atoms with van der Waals surface area (Å²) < 4.78 is 5.23. The molecule has 4 heteroatoms. The molecule has 2 N–H and O–H groups in total. The molecule has 0 aliphatic heterocycles. The van der Waals surface area contributed by atoms with Crippen LogP contribution >= 0.6 is 0 Å². The van der Waals surface area contributed by atoms with Crippen molar-refractivity contribution in [2.45, 2.75) is 97.6 Å². The maximum absolute atomic E-state index is 11.6. The van der Waals surface area contributed by atoms with E-state index in [4.69, 9.17) is 4.74 Å². The first-order valence-corrected chi connectivity index (χ1v) is 9.09. The van der Waals surface area contributed by atoms with Gasteiger partial charge in [0, 0.05) is 19.1 Å². The van der Waals surface area contributed by atoms with Gasteiger partial charge in [-0.25, -0.2) is 4.79 Å². The van der Waals surface area contributed by atoms with E-state index in [2.05, 4.69) is 24.5 Å². The highest BCUT2D eigenvalue weighted by atomic mass is 16.6. The van der Waals surface area contributed by atoms with E-state index in [9.17, 15) is 4.79 Å². The summed E-state index contributed by atoms with van der Waals surface area (Å²) in [5.74, 6) is 0. The molecule has 0 saturated heterocycles. The molecule has 4 nitrogen and oxygen atoms in total.